The summed E-state index contributed by atoms with van der Waals surface area (Å²) in [5.74, 6) is 0.488. The van der Waals surface area contributed by atoms with Gasteiger partial charge in [0.25, 0.3) is 0 Å². The van der Waals surface area contributed by atoms with Gasteiger partial charge in [0.15, 0.2) is 0 Å². The van der Waals surface area contributed by atoms with Gasteiger partial charge in [0.1, 0.15) is 0 Å². The van der Waals surface area contributed by atoms with E-state index in [2.05, 4.69) is 67.4 Å². The van der Waals surface area contributed by atoms with Crippen LogP contribution in [0.15, 0.2) is 67.0 Å². The molecular weight excluding hydrogens is 460 g/mol. The van der Waals surface area contributed by atoms with Crippen molar-refractivity contribution in [3.8, 4) is 11.1 Å². The van der Waals surface area contributed by atoms with Crippen molar-refractivity contribution in [2.24, 2.45) is 0 Å². The average molecular weight is 501 g/mol. The van der Waals surface area contributed by atoms with Crippen LogP contribution in [-0.4, -0.2) is 49.4 Å². The summed E-state index contributed by atoms with van der Waals surface area (Å²) in [6, 6.07) is 19.7. The Kier molecular flexibility index (Phi) is 9.72. The van der Waals surface area contributed by atoms with Crippen LogP contribution in [0.3, 0.4) is 0 Å². The third kappa shape index (κ3) is 6.78. The first kappa shape index (κ1) is 26.9. The van der Waals surface area contributed by atoms with Gasteiger partial charge in [0.05, 0.1) is 6.61 Å². The van der Waals surface area contributed by atoms with Crippen LogP contribution in [0, 0.1) is 6.92 Å². The van der Waals surface area contributed by atoms with Gasteiger partial charge in [-0.05, 0) is 78.0 Å². The molecule has 4 rings (SSSR count). The van der Waals surface area contributed by atoms with Gasteiger partial charge >= 0.3 is 6.09 Å². The molecule has 37 heavy (non-hydrogen) atoms. The summed E-state index contributed by atoms with van der Waals surface area (Å²) in [6.45, 7) is 6.91. The molecule has 1 aliphatic heterocycles. The van der Waals surface area contributed by atoms with Crippen LogP contribution in [0.25, 0.3) is 11.1 Å². The van der Waals surface area contributed by atoms with Crippen LogP contribution in [0.1, 0.15) is 66.7 Å². The fourth-order valence-electron chi connectivity index (χ4n) is 5.51. The number of rotatable bonds is 10. The molecule has 1 saturated heterocycles. The predicted octanol–water partition coefficient (Wildman–Crippen LogP) is 7.15. The molecule has 5 nitrogen and oxygen atoms in total. The first-order valence-corrected chi connectivity index (χ1v) is 13.6. The van der Waals surface area contributed by atoms with Crippen LogP contribution in [0.4, 0.5) is 4.79 Å². The highest BCUT2D eigenvalue weighted by Crippen LogP contribution is 2.41. The minimum absolute atomic E-state index is 0.183. The number of hydrogen-bond donors (Lipinski definition) is 0. The average Bonchev–Trinajstić information content (AvgIpc) is 2.94. The molecular formula is C32H40N2O3. The fraction of sp³-hybridized carbons (Fsp3) is 0.438. The first-order valence-electron chi connectivity index (χ1n) is 13.6. The lowest BCUT2D eigenvalue weighted by atomic mass is 9.75. The Bertz CT molecular complexity index is 1150. The molecule has 1 fully saturated rings. The van der Waals surface area contributed by atoms with Gasteiger partial charge in [-0.2, -0.15) is 0 Å². The van der Waals surface area contributed by atoms with E-state index in [1.807, 2.05) is 23.4 Å². The number of carbonyl (C=O) groups is 1. The van der Waals surface area contributed by atoms with E-state index in [9.17, 15) is 4.79 Å². The van der Waals surface area contributed by atoms with E-state index >= 15 is 0 Å². The number of nitrogens with zero attached hydrogens (tertiary/aromatic N) is 2. The number of benzene rings is 2. The molecule has 1 aromatic heterocycles. The molecule has 0 saturated carbocycles. The maximum Gasteiger partial charge on any atom is 0.409 e. The van der Waals surface area contributed by atoms with E-state index in [4.69, 9.17) is 9.47 Å². The third-order valence-corrected chi connectivity index (χ3v) is 7.50. The highest BCUT2D eigenvalue weighted by molar-refractivity contribution is 5.70. The van der Waals surface area contributed by atoms with Crippen molar-refractivity contribution in [2.75, 3.05) is 33.4 Å². The van der Waals surface area contributed by atoms with Gasteiger partial charge in [0, 0.05) is 45.1 Å². The Labute approximate surface area is 221 Å². The quantitative estimate of drug-likeness (QED) is 0.278. The largest absolute Gasteiger partial charge is 0.449 e. The molecule has 0 spiro atoms. The van der Waals surface area contributed by atoms with Crippen molar-refractivity contribution in [3.05, 3.63) is 89.2 Å². The van der Waals surface area contributed by atoms with Crippen LogP contribution >= 0.6 is 0 Å². The molecule has 3 aromatic rings. The van der Waals surface area contributed by atoms with Gasteiger partial charge in [-0.15, -0.1) is 0 Å². The number of aromatic nitrogens is 1. The van der Waals surface area contributed by atoms with Gasteiger partial charge in [-0.25, -0.2) is 4.79 Å². The molecule has 0 aliphatic carbocycles. The normalized spacial score (nSPS) is 17.5. The van der Waals surface area contributed by atoms with Crippen molar-refractivity contribution in [3.63, 3.8) is 0 Å². The minimum atomic E-state index is -0.192. The number of methoxy groups -OCH3 is 1. The second kappa shape index (κ2) is 13.4. The van der Waals surface area contributed by atoms with Crippen molar-refractivity contribution in [1.82, 2.24) is 9.88 Å². The maximum atomic E-state index is 12.8. The molecule has 2 heterocycles. The Morgan fingerprint density at radius 3 is 2.68 bits per heavy atom. The standard InChI is InChI=1S/C32H40N2O3/c1-4-5-20-37-32(35)34-18-16-30(27-11-8-17-33-22-27)31(23-34)28-15-14-26(21-24(28)2)29-13-7-6-10-25(29)12-9-19-36-3/h6-8,10-11,13-15,17,21-22,30-31H,4-5,9,12,16,18-20,23H2,1-3H3. The molecule has 1 aliphatic rings. The van der Waals surface area contributed by atoms with E-state index in [1.165, 1.54) is 33.4 Å². The third-order valence-electron chi connectivity index (χ3n) is 7.50. The van der Waals surface area contributed by atoms with E-state index in [0.29, 0.717) is 25.6 Å². The highest BCUT2D eigenvalue weighted by Gasteiger charge is 2.35. The van der Waals surface area contributed by atoms with Crippen LogP contribution < -0.4 is 0 Å². The van der Waals surface area contributed by atoms with E-state index in [1.54, 1.807) is 7.11 Å². The van der Waals surface area contributed by atoms with Gasteiger partial charge in [-0.3, -0.25) is 4.98 Å². The van der Waals surface area contributed by atoms with Crippen LogP contribution in [0.5, 0.6) is 0 Å². The van der Waals surface area contributed by atoms with Crippen LogP contribution in [0.2, 0.25) is 0 Å². The molecule has 0 N–H and O–H groups in total. The molecule has 2 unspecified atom stereocenters. The van der Waals surface area contributed by atoms with Crippen molar-refractivity contribution >= 4 is 6.09 Å². The monoisotopic (exact) mass is 500 g/mol. The van der Waals surface area contributed by atoms with E-state index < -0.39 is 0 Å². The molecule has 2 atom stereocenters. The van der Waals surface area contributed by atoms with Crippen molar-refractivity contribution < 1.29 is 14.3 Å². The summed E-state index contributed by atoms with van der Waals surface area (Å²) < 4.78 is 10.8. The lowest BCUT2D eigenvalue weighted by Crippen LogP contribution is -2.42. The zero-order valence-electron chi connectivity index (χ0n) is 22.5. The second-order valence-corrected chi connectivity index (χ2v) is 10.0. The molecule has 1 amide bonds. The zero-order valence-corrected chi connectivity index (χ0v) is 22.5. The van der Waals surface area contributed by atoms with Crippen molar-refractivity contribution in [2.45, 2.75) is 57.8 Å². The molecule has 2 aromatic carbocycles. The van der Waals surface area contributed by atoms with Gasteiger partial charge in [-0.1, -0.05) is 61.9 Å². The first-order chi connectivity index (χ1) is 18.1. The topological polar surface area (TPSA) is 51.7 Å². The number of hydrogen-bond acceptors (Lipinski definition) is 4. The zero-order chi connectivity index (χ0) is 26.0. The summed E-state index contributed by atoms with van der Waals surface area (Å²) in [6.07, 6.45) is 8.41. The number of aryl methyl sites for hydroxylation is 2. The Morgan fingerprint density at radius 1 is 1.05 bits per heavy atom. The summed E-state index contributed by atoms with van der Waals surface area (Å²) >= 11 is 0. The number of amides is 1. The van der Waals surface area contributed by atoms with E-state index in [0.717, 1.165) is 38.7 Å². The number of ether oxygens (including phenoxy) is 2. The van der Waals surface area contributed by atoms with Gasteiger partial charge in [0.2, 0.25) is 0 Å². The van der Waals surface area contributed by atoms with Crippen LogP contribution in [-0.2, 0) is 15.9 Å². The SMILES string of the molecule is CCCCOC(=O)N1CCC(c2cccnc2)C(c2ccc(-c3ccccc3CCCOC)cc2C)C1. The number of carbonyl (C=O) groups excluding carboxylic acids is 1. The lowest BCUT2D eigenvalue weighted by Gasteiger charge is -2.39. The fourth-order valence-corrected chi connectivity index (χ4v) is 5.51. The molecule has 5 heteroatoms. The number of pyridine rings is 1. The summed E-state index contributed by atoms with van der Waals surface area (Å²) in [4.78, 5) is 19.1. The Hall–Kier alpha value is -3.18. The maximum absolute atomic E-state index is 12.8. The molecule has 0 bridgehead atoms. The Balaban J connectivity index is 1.62. The molecule has 0 radical (unpaired) electrons. The second-order valence-electron chi connectivity index (χ2n) is 10.0. The summed E-state index contributed by atoms with van der Waals surface area (Å²) in [5.41, 5.74) is 7.64. The molecule has 196 valence electrons. The van der Waals surface area contributed by atoms with Crippen molar-refractivity contribution in [1.29, 1.82) is 0 Å². The summed E-state index contributed by atoms with van der Waals surface area (Å²) in [7, 11) is 1.75. The predicted molar refractivity (Wildman–Crippen MR) is 149 cm³/mol. The van der Waals surface area contributed by atoms with Gasteiger partial charge < -0.3 is 14.4 Å². The lowest BCUT2D eigenvalue weighted by molar-refractivity contribution is 0.0870. The Morgan fingerprint density at radius 2 is 1.92 bits per heavy atom. The number of unbranched alkanes of at least 4 members (excludes halogenated alkanes) is 1. The summed E-state index contributed by atoms with van der Waals surface area (Å²) in [5, 5.41) is 0. The highest BCUT2D eigenvalue weighted by atomic mass is 16.6. The number of likely N-dealkylation sites (tertiary alicyclic amines) is 1. The number of piperidine rings is 1. The minimum Gasteiger partial charge on any atom is -0.449 e. The smallest absolute Gasteiger partial charge is 0.409 e. The van der Waals surface area contributed by atoms with E-state index in [-0.39, 0.29) is 12.0 Å².